The van der Waals surface area contributed by atoms with Gasteiger partial charge in [0.05, 0.1) is 0 Å². The summed E-state index contributed by atoms with van der Waals surface area (Å²) < 4.78 is 29.8. The second-order valence-corrected chi connectivity index (χ2v) is 8.00. The Morgan fingerprint density at radius 3 is 2.85 bits per heavy atom. The van der Waals surface area contributed by atoms with Gasteiger partial charge >= 0.3 is 0 Å². The van der Waals surface area contributed by atoms with E-state index in [0.29, 0.717) is 5.82 Å². The molecule has 0 amide bonds. The minimum absolute atomic E-state index is 0.0825. The van der Waals surface area contributed by atoms with Crippen LogP contribution >= 0.6 is 27.3 Å². The van der Waals surface area contributed by atoms with Crippen LogP contribution < -0.4 is 4.72 Å². The Labute approximate surface area is 131 Å². The number of rotatable bonds is 6. The van der Waals surface area contributed by atoms with E-state index in [1.165, 1.54) is 11.3 Å². The van der Waals surface area contributed by atoms with Crippen molar-refractivity contribution < 1.29 is 8.42 Å². The van der Waals surface area contributed by atoms with Gasteiger partial charge in [0.1, 0.15) is 5.82 Å². The Hall–Kier alpha value is -0.700. The van der Waals surface area contributed by atoms with Gasteiger partial charge in [0.2, 0.25) is 0 Å². The fourth-order valence-corrected chi connectivity index (χ4v) is 4.26. The molecule has 0 bridgehead atoms. The monoisotopic (exact) mass is 377 g/mol. The molecule has 0 aliphatic heterocycles. The first-order valence-electron chi connectivity index (χ1n) is 6.18. The van der Waals surface area contributed by atoms with E-state index < -0.39 is 10.0 Å². The van der Waals surface area contributed by atoms with Crippen LogP contribution in [0, 0.1) is 6.92 Å². The molecule has 20 heavy (non-hydrogen) atoms. The molecule has 2 aromatic heterocycles. The molecule has 1 N–H and O–H groups in total. The topological polar surface area (TPSA) is 64.0 Å². The van der Waals surface area contributed by atoms with Crippen molar-refractivity contribution in [3.63, 3.8) is 0 Å². The molecule has 110 valence electrons. The average Bonchev–Trinajstić information content (AvgIpc) is 2.95. The van der Waals surface area contributed by atoms with E-state index in [1.54, 1.807) is 6.20 Å². The normalized spacial score (nSPS) is 11.9. The first-order chi connectivity index (χ1) is 9.42. The second-order valence-electron chi connectivity index (χ2n) is 4.38. The minimum atomic E-state index is -3.56. The molecule has 0 saturated carbocycles. The van der Waals surface area contributed by atoms with Crippen LogP contribution in [0.5, 0.6) is 0 Å². The van der Waals surface area contributed by atoms with Crippen LogP contribution in [0.15, 0.2) is 27.1 Å². The number of aromatic nitrogens is 2. The number of hydrogen-bond donors (Lipinski definition) is 1. The van der Waals surface area contributed by atoms with E-state index in [1.807, 2.05) is 29.9 Å². The van der Waals surface area contributed by atoms with Gasteiger partial charge in [0.15, 0.2) is 5.03 Å². The maximum atomic E-state index is 12.2. The summed E-state index contributed by atoms with van der Waals surface area (Å²) in [6.07, 6.45) is 2.53. The largest absolute Gasteiger partial charge is 0.334 e. The lowest BCUT2D eigenvalue weighted by Gasteiger charge is -2.02. The second kappa shape index (κ2) is 6.38. The molecule has 0 fully saturated rings. The van der Waals surface area contributed by atoms with E-state index in [0.717, 1.165) is 22.3 Å². The predicted molar refractivity (Wildman–Crippen MR) is 83.3 cm³/mol. The summed E-state index contributed by atoms with van der Waals surface area (Å²) in [6, 6.07) is 1.90. The molecule has 0 atom stereocenters. The molecule has 0 saturated heterocycles. The summed E-state index contributed by atoms with van der Waals surface area (Å²) in [7, 11) is -3.56. The zero-order valence-electron chi connectivity index (χ0n) is 11.3. The lowest BCUT2D eigenvalue weighted by molar-refractivity contribution is 0.578. The smallest absolute Gasteiger partial charge is 0.259 e. The number of nitrogens with one attached hydrogen (secondary N) is 1. The average molecular weight is 378 g/mol. The van der Waals surface area contributed by atoms with E-state index in [4.69, 9.17) is 0 Å². The van der Waals surface area contributed by atoms with Crippen LogP contribution in [0.4, 0.5) is 0 Å². The van der Waals surface area contributed by atoms with Gasteiger partial charge in [0.25, 0.3) is 10.0 Å². The Balaban J connectivity index is 2.11. The van der Waals surface area contributed by atoms with Crippen molar-refractivity contribution in [1.82, 2.24) is 14.3 Å². The molecular formula is C12H16BrN3O2S2. The molecule has 0 aliphatic carbocycles. The van der Waals surface area contributed by atoms with Crippen molar-refractivity contribution in [1.29, 1.82) is 0 Å². The van der Waals surface area contributed by atoms with E-state index in [2.05, 4.69) is 25.6 Å². The highest BCUT2D eigenvalue weighted by Crippen LogP contribution is 2.20. The third-order valence-electron chi connectivity index (χ3n) is 2.75. The number of aryl methyl sites for hydroxylation is 2. The maximum absolute atomic E-state index is 12.2. The quantitative estimate of drug-likeness (QED) is 0.841. The van der Waals surface area contributed by atoms with Crippen molar-refractivity contribution in [3.05, 3.63) is 32.8 Å². The van der Waals surface area contributed by atoms with Crippen molar-refractivity contribution in [3.8, 4) is 0 Å². The first kappa shape index (κ1) is 15.7. The zero-order chi connectivity index (χ0) is 14.8. The summed E-state index contributed by atoms with van der Waals surface area (Å²) in [6.45, 7) is 4.90. The molecule has 0 aliphatic rings. The predicted octanol–water partition coefficient (Wildman–Crippen LogP) is 2.90. The fraction of sp³-hybridized carbons (Fsp3) is 0.417. The summed E-state index contributed by atoms with van der Waals surface area (Å²) in [5.41, 5.74) is 0. The van der Waals surface area contributed by atoms with Crippen LogP contribution in [-0.4, -0.2) is 18.0 Å². The van der Waals surface area contributed by atoms with Crippen LogP contribution in [0.1, 0.15) is 24.0 Å². The number of imidazole rings is 1. The van der Waals surface area contributed by atoms with Gasteiger partial charge in [-0.25, -0.2) is 18.1 Å². The fourth-order valence-electron chi connectivity index (χ4n) is 1.76. The summed E-state index contributed by atoms with van der Waals surface area (Å²) in [5, 5.41) is 2.00. The molecule has 2 aromatic rings. The lowest BCUT2D eigenvalue weighted by Crippen LogP contribution is -2.23. The SMILES string of the molecule is CCCn1cc(S(=O)(=O)NCc2cc(Br)cs2)nc1C. The lowest BCUT2D eigenvalue weighted by atomic mass is 10.5. The van der Waals surface area contributed by atoms with Crippen LogP contribution in [0.25, 0.3) is 0 Å². The van der Waals surface area contributed by atoms with Crippen LogP contribution in [0.3, 0.4) is 0 Å². The van der Waals surface area contributed by atoms with Crippen LogP contribution in [0.2, 0.25) is 0 Å². The molecule has 5 nitrogen and oxygen atoms in total. The van der Waals surface area contributed by atoms with Gasteiger partial charge in [-0.3, -0.25) is 0 Å². The van der Waals surface area contributed by atoms with Crippen molar-refractivity contribution >= 4 is 37.3 Å². The van der Waals surface area contributed by atoms with Crippen molar-refractivity contribution in [2.45, 2.75) is 38.4 Å². The van der Waals surface area contributed by atoms with Gasteiger partial charge in [-0.1, -0.05) is 6.92 Å². The number of halogens is 1. The standard InChI is InChI=1S/C12H16BrN3O2S2/c1-3-4-16-7-12(15-9(16)2)20(17,18)14-6-11-5-10(13)8-19-11/h5,7-8,14H,3-4,6H2,1-2H3. The number of hydrogen-bond acceptors (Lipinski definition) is 4. The van der Waals surface area contributed by atoms with Crippen molar-refractivity contribution in [2.75, 3.05) is 0 Å². The van der Waals surface area contributed by atoms with Gasteiger partial charge in [-0.05, 0) is 35.3 Å². The Bertz CT molecular complexity index is 691. The van der Waals surface area contributed by atoms with E-state index >= 15 is 0 Å². The molecule has 2 heterocycles. The maximum Gasteiger partial charge on any atom is 0.259 e. The Morgan fingerprint density at radius 2 is 2.25 bits per heavy atom. The molecule has 2 rings (SSSR count). The van der Waals surface area contributed by atoms with E-state index in [-0.39, 0.29) is 11.6 Å². The van der Waals surface area contributed by atoms with Gasteiger partial charge in [0, 0.05) is 34.0 Å². The first-order valence-corrected chi connectivity index (χ1v) is 9.34. The number of sulfonamides is 1. The van der Waals surface area contributed by atoms with E-state index in [9.17, 15) is 8.42 Å². The molecule has 0 radical (unpaired) electrons. The van der Waals surface area contributed by atoms with Gasteiger partial charge in [-0.2, -0.15) is 0 Å². The minimum Gasteiger partial charge on any atom is -0.334 e. The summed E-state index contributed by atoms with van der Waals surface area (Å²) in [4.78, 5) is 5.07. The summed E-state index contributed by atoms with van der Waals surface area (Å²) >= 11 is 4.85. The third-order valence-corrected chi connectivity index (χ3v) is 5.72. The number of nitrogens with zero attached hydrogens (tertiary/aromatic N) is 2. The molecular weight excluding hydrogens is 362 g/mol. The molecule has 0 unspecified atom stereocenters. The van der Waals surface area contributed by atoms with Crippen LogP contribution in [-0.2, 0) is 23.1 Å². The zero-order valence-corrected chi connectivity index (χ0v) is 14.5. The molecule has 8 heteroatoms. The highest BCUT2D eigenvalue weighted by Gasteiger charge is 2.19. The highest BCUT2D eigenvalue weighted by molar-refractivity contribution is 9.10. The molecule has 0 spiro atoms. The Morgan fingerprint density at radius 1 is 1.50 bits per heavy atom. The van der Waals surface area contributed by atoms with Crippen molar-refractivity contribution in [2.24, 2.45) is 0 Å². The highest BCUT2D eigenvalue weighted by atomic mass is 79.9. The summed E-state index contributed by atoms with van der Waals surface area (Å²) in [5.74, 6) is 0.714. The van der Waals surface area contributed by atoms with Gasteiger partial charge < -0.3 is 4.57 Å². The number of thiophene rings is 1. The third kappa shape index (κ3) is 3.69. The van der Waals surface area contributed by atoms with Gasteiger partial charge in [-0.15, -0.1) is 11.3 Å². The Kier molecular flexibility index (Phi) is 5.00. The molecule has 0 aromatic carbocycles.